The summed E-state index contributed by atoms with van der Waals surface area (Å²) in [5.41, 5.74) is 1.29. The molecule has 0 saturated carbocycles. The fraction of sp³-hybridized carbons (Fsp3) is 0.375. The molecule has 1 heterocycles. The number of hydrogen-bond acceptors (Lipinski definition) is 5. The van der Waals surface area contributed by atoms with Gasteiger partial charge < -0.3 is 9.88 Å². The molecule has 6 nitrogen and oxygen atoms in total. The number of carbonyl (C=O) groups is 2. The second-order valence-electron chi connectivity index (χ2n) is 5.16. The number of hydrogen-bond donors (Lipinski definition) is 1. The van der Waals surface area contributed by atoms with Crippen LogP contribution >= 0.6 is 11.8 Å². The summed E-state index contributed by atoms with van der Waals surface area (Å²) in [6.45, 7) is 8.01. The van der Waals surface area contributed by atoms with Crippen molar-refractivity contribution in [2.24, 2.45) is 0 Å². The molecule has 1 aromatic carbocycles. The van der Waals surface area contributed by atoms with E-state index < -0.39 is 0 Å². The molecule has 0 aliphatic heterocycles. The van der Waals surface area contributed by atoms with Crippen LogP contribution < -0.4 is 5.32 Å². The lowest BCUT2D eigenvalue weighted by molar-refractivity contribution is -0.115. The highest BCUT2D eigenvalue weighted by atomic mass is 32.2. The van der Waals surface area contributed by atoms with Crippen LogP contribution in [0.2, 0.25) is 0 Å². The monoisotopic (exact) mass is 332 g/mol. The predicted octanol–water partition coefficient (Wildman–Crippen LogP) is 2.93. The Kier molecular flexibility index (Phi) is 5.54. The maximum Gasteiger partial charge on any atom is 0.237 e. The molecule has 1 aromatic heterocycles. The number of nitrogens with zero attached hydrogens (tertiary/aromatic N) is 3. The van der Waals surface area contributed by atoms with Crippen LogP contribution in [0.1, 0.15) is 37.0 Å². The lowest BCUT2D eigenvalue weighted by atomic mass is 10.1. The third kappa shape index (κ3) is 4.19. The number of thioether (sulfide) groups is 1. The molecular weight excluding hydrogens is 312 g/mol. The van der Waals surface area contributed by atoms with Crippen LogP contribution in [0.4, 0.5) is 5.69 Å². The van der Waals surface area contributed by atoms with Crippen molar-refractivity contribution in [3.8, 4) is 0 Å². The number of Topliss-reactive ketones (excluding diaryl/α,β-unsaturated/α-hetero) is 1. The van der Waals surface area contributed by atoms with Crippen LogP contribution in [0, 0.1) is 6.92 Å². The Labute approximate surface area is 139 Å². The van der Waals surface area contributed by atoms with E-state index in [0.29, 0.717) is 11.3 Å². The summed E-state index contributed by atoms with van der Waals surface area (Å²) in [7, 11) is 0. The van der Waals surface area contributed by atoms with Gasteiger partial charge in [-0.2, -0.15) is 0 Å². The summed E-state index contributed by atoms with van der Waals surface area (Å²) in [6, 6.07) is 6.86. The first-order chi connectivity index (χ1) is 10.9. The number of carbonyl (C=O) groups excluding carboxylic acids is 2. The molecule has 23 heavy (non-hydrogen) atoms. The Morgan fingerprint density at radius 1 is 1.26 bits per heavy atom. The summed E-state index contributed by atoms with van der Waals surface area (Å²) < 4.78 is 1.97. The topological polar surface area (TPSA) is 76.9 Å². The fourth-order valence-corrected chi connectivity index (χ4v) is 3.02. The number of amides is 1. The highest BCUT2D eigenvalue weighted by Crippen LogP contribution is 2.23. The smallest absolute Gasteiger partial charge is 0.237 e. The maximum absolute atomic E-state index is 12.3. The molecule has 1 unspecified atom stereocenters. The largest absolute Gasteiger partial charge is 0.325 e. The summed E-state index contributed by atoms with van der Waals surface area (Å²) in [5, 5.41) is 11.4. The van der Waals surface area contributed by atoms with Gasteiger partial charge in [0, 0.05) is 17.8 Å². The van der Waals surface area contributed by atoms with E-state index in [2.05, 4.69) is 15.5 Å². The first-order valence-electron chi connectivity index (χ1n) is 7.40. The average molecular weight is 332 g/mol. The van der Waals surface area contributed by atoms with Gasteiger partial charge in [0.05, 0.1) is 5.25 Å². The number of aryl methyl sites for hydroxylation is 1. The van der Waals surface area contributed by atoms with Gasteiger partial charge in [-0.3, -0.25) is 9.59 Å². The molecule has 0 radical (unpaired) electrons. The van der Waals surface area contributed by atoms with Gasteiger partial charge in [-0.25, -0.2) is 0 Å². The molecule has 1 amide bonds. The van der Waals surface area contributed by atoms with Gasteiger partial charge in [0.25, 0.3) is 0 Å². The van der Waals surface area contributed by atoms with Crippen LogP contribution in [0.5, 0.6) is 0 Å². The Hall–Kier alpha value is -2.15. The van der Waals surface area contributed by atoms with Crippen LogP contribution in [0.15, 0.2) is 29.4 Å². The molecule has 1 atom stereocenters. The zero-order valence-electron chi connectivity index (χ0n) is 13.7. The normalized spacial score (nSPS) is 12.0. The zero-order valence-corrected chi connectivity index (χ0v) is 14.5. The second kappa shape index (κ2) is 7.41. The Balaban J connectivity index is 2.00. The number of rotatable bonds is 6. The Morgan fingerprint density at radius 2 is 1.91 bits per heavy atom. The van der Waals surface area contributed by atoms with Crippen molar-refractivity contribution in [1.29, 1.82) is 0 Å². The second-order valence-corrected chi connectivity index (χ2v) is 6.46. The minimum absolute atomic E-state index is 0.000993. The van der Waals surface area contributed by atoms with E-state index in [1.165, 1.54) is 18.7 Å². The van der Waals surface area contributed by atoms with E-state index >= 15 is 0 Å². The number of benzene rings is 1. The SMILES string of the molecule is CCn1c(C)nnc1SC(C)C(=O)Nc1ccc(C(C)=O)cc1. The lowest BCUT2D eigenvalue weighted by Crippen LogP contribution is -2.23. The van der Waals surface area contributed by atoms with Crippen molar-refractivity contribution in [1.82, 2.24) is 14.8 Å². The molecule has 0 aliphatic rings. The summed E-state index contributed by atoms with van der Waals surface area (Å²) in [4.78, 5) is 23.5. The van der Waals surface area contributed by atoms with Gasteiger partial charge in [-0.1, -0.05) is 11.8 Å². The van der Waals surface area contributed by atoms with E-state index in [4.69, 9.17) is 0 Å². The Morgan fingerprint density at radius 3 is 2.48 bits per heavy atom. The third-order valence-electron chi connectivity index (χ3n) is 3.43. The number of nitrogens with one attached hydrogen (secondary N) is 1. The minimum atomic E-state index is -0.309. The van der Waals surface area contributed by atoms with Crippen LogP contribution in [0.25, 0.3) is 0 Å². The van der Waals surface area contributed by atoms with Crippen molar-refractivity contribution in [2.45, 2.75) is 44.6 Å². The van der Waals surface area contributed by atoms with Crippen LogP contribution in [-0.2, 0) is 11.3 Å². The van der Waals surface area contributed by atoms with Gasteiger partial charge >= 0.3 is 0 Å². The van der Waals surface area contributed by atoms with Crippen molar-refractivity contribution >= 4 is 29.1 Å². The van der Waals surface area contributed by atoms with Crippen LogP contribution in [0.3, 0.4) is 0 Å². The zero-order chi connectivity index (χ0) is 17.0. The molecule has 1 N–H and O–H groups in total. The van der Waals surface area contributed by atoms with Crippen molar-refractivity contribution < 1.29 is 9.59 Å². The van der Waals surface area contributed by atoms with E-state index in [0.717, 1.165) is 17.5 Å². The Bertz CT molecular complexity index is 709. The summed E-state index contributed by atoms with van der Waals surface area (Å²) in [6.07, 6.45) is 0. The number of anilines is 1. The highest BCUT2D eigenvalue weighted by Gasteiger charge is 2.18. The predicted molar refractivity (Wildman–Crippen MR) is 90.8 cm³/mol. The van der Waals surface area contributed by atoms with E-state index in [9.17, 15) is 9.59 Å². The van der Waals surface area contributed by atoms with Gasteiger partial charge in [0.2, 0.25) is 5.91 Å². The van der Waals surface area contributed by atoms with Crippen LogP contribution in [-0.4, -0.2) is 31.7 Å². The molecule has 0 fully saturated rings. The first kappa shape index (κ1) is 17.2. The van der Waals surface area contributed by atoms with Gasteiger partial charge in [-0.05, 0) is 52.0 Å². The fourth-order valence-electron chi connectivity index (χ4n) is 2.06. The minimum Gasteiger partial charge on any atom is -0.325 e. The molecule has 122 valence electrons. The summed E-state index contributed by atoms with van der Waals surface area (Å²) in [5.74, 6) is 0.720. The molecule has 2 rings (SSSR count). The first-order valence-corrected chi connectivity index (χ1v) is 8.28. The molecule has 0 spiro atoms. The standard InChI is InChI=1S/C16H20N4O2S/c1-5-20-12(4)18-19-16(20)23-11(3)15(22)17-14-8-6-13(7-9-14)10(2)21/h6-9,11H,5H2,1-4H3,(H,17,22). The quantitative estimate of drug-likeness (QED) is 0.650. The molecule has 2 aromatic rings. The van der Waals surface area contributed by atoms with E-state index in [1.54, 1.807) is 24.3 Å². The molecular formula is C16H20N4O2S. The third-order valence-corrected chi connectivity index (χ3v) is 4.51. The maximum atomic E-state index is 12.3. The van der Waals surface area contributed by atoms with Gasteiger partial charge in [-0.15, -0.1) is 10.2 Å². The van der Waals surface area contributed by atoms with E-state index in [-0.39, 0.29) is 16.9 Å². The molecule has 0 saturated heterocycles. The van der Waals surface area contributed by atoms with Crippen molar-refractivity contribution in [3.63, 3.8) is 0 Å². The van der Waals surface area contributed by atoms with Crippen molar-refractivity contribution in [2.75, 3.05) is 5.32 Å². The lowest BCUT2D eigenvalue weighted by Gasteiger charge is -2.12. The van der Waals surface area contributed by atoms with Gasteiger partial charge in [0.15, 0.2) is 10.9 Å². The molecule has 0 bridgehead atoms. The molecule has 7 heteroatoms. The number of aromatic nitrogens is 3. The molecule has 0 aliphatic carbocycles. The van der Waals surface area contributed by atoms with Gasteiger partial charge in [0.1, 0.15) is 5.82 Å². The van der Waals surface area contributed by atoms with E-state index in [1.807, 2.05) is 25.3 Å². The summed E-state index contributed by atoms with van der Waals surface area (Å²) >= 11 is 1.37. The average Bonchev–Trinajstić information content (AvgIpc) is 2.87. The number of ketones is 1. The van der Waals surface area contributed by atoms with Crippen molar-refractivity contribution in [3.05, 3.63) is 35.7 Å². The highest BCUT2D eigenvalue weighted by molar-refractivity contribution is 8.00.